The van der Waals surface area contributed by atoms with Crippen molar-refractivity contribution in [2.75, 3.05) is 0 Å². The molecule has 4 heteroatoms. The zero-order valence-electron chi connectivity index (χ0n) is 9.98. The molecule has 92 valence electrons. The third kappa shape index (κ3) is 1.45. The number of rotatable bonds is 1. The van der Waals surface area contributed by atoms with Crippen molar-refractivity contribution in [2.24, 2.45) is 5.73 Å². The first-order valence-corrected chi connectivity index (χ1v) is 6.16. The maximum Gasteiger partial charge on any atom is 0.250 e. The lowest BCUT2D eigenvalue weighted by molar-refractivity contribution is -0.586. The highest BCUT2D eigenvalue weighted by atomic mass is 16.5. The van der Waals surface area contributed by atoms with Gasteiger partial charge >= 0.3 is 0 Å². The molecule has 1 heterocycles. The molecule has 0 fully saturated rings. The maximum absolute atomic E-state index is 12.3. The molecule has 0 aliphatic heterocycles. The fourth-order valence-electron chi connectivity index (χ4n) is 2.83. The van der Waals surface area contributed by atoms with E-state index in [1.165, 1.54) is 0 Å². The number of hydrogen-bond donors (Lipinski definition) is 1. The average Bonchev–Trinajstić information content (AvgIpc) is 2.39. The van der Waals surface area contributed by atoms with Crippen LogP contribution in [0.15, 0.2) is 24.3 Å². The van der Waals surface area contributed by atoms with Crippen LogP contribution in [-0.2, 0) is 12.8 Å². The zero-order chi connectivity index (χ0) is 12.7. The minimum atomic E-state index is -0.440. The number of amides is 1. The number of carbonyl (C=O) groups excluding carboxylic acids is 1. The Morgan fingerprint density at radius 2 is 1.94 bits per heavy atom. The topological polar surface area (TPSA) is 70.0 Å². The second-order valence-electron chi connectivity index (χ2n) is 4.68. The molecule has 0 bridgehead atoms. The summed E-state index contributed by atoms with van der Waals surface area (Å²) < 4.78 is 0.969. The van der Waals surface area contributed by atoms with Crippen molar-refractivity contribution in [3.05, 3.63) is 46.3 Å². The van der Waals surface area contributed by atoms with Gasteiger partial charge in [0.2, 0.25) is 11.4 Å². The lowest BCUT2D eigenvalue weighted by Gasteiger charge is -2.19. The van der Waals surface area contributed by atoms with Gasteiger partial charge < -0.3 is 10.9 Å². The molecule has 0 unspecified atom stereocenters. The lowest BCUT2D eigenvalue weighted by atomic mass is 9.89. The summed E-state index contributed by atoms with van der Waals surface area (Å²) in [5.41, 5.74) is 8.14. The van der Waals surface area contributed by atoms with Crippen molar-refractivity contribution in [3.63, 3.8) is 0 Å². The van der Waals surface area contributed by atoms with E-state index in [9.17, 15) is 10.0 Å². The Morgan fingerprint density at radius 3 is 2.72 bits per heavy atom. The Hall–Kier alpha value is -2.10. The van der Waals surface area contributed by atoms with E-state index in [1.807, 2.05) is 6.07 Å². The SMILES string of the molecule is NC(=O)c1c2c([n+]([O-])c3ccccc13)CCCC2. The molecule has 1 aliphatic rings. The van der Waals surface area contributed by atoms with E-state index in [1.54, 1.807) is 18.2 Å². The minimum absolute atomic E-state index is 0.440. The van der Waals surface area contributed by atoms with Gasteiger partial charge in [0.25, 0.3) is 0 Å². The fourth-order valence-corrected chi connectivity index (χ4v) is 2.83. The van der Waals surface area contributed by atoms with Crippen molar-refractivity contribution in [3.8, 4) is 0 Å². The Morgan fingerprint density at radius 1 is 1.22 bits per heavy atom. The number of fused-ring (bicyclic) bond motifs is 2. The van der Waals surface area contributed by atoms with E-state index in [4.69, 9.17) is 5.73 Å². The van der Waals surface area contributed by atoms with E-state index >= 15 is 0 Å². The largest absolute Gasteiger partial charge is 0.618 e. The van der Waals surface area contributed by atoms with Crippen molar-refractivity contribution < 1.29 is 9.52 Å². The summed E-state index contributed by atoms with van der Waals surface area (Å²) >= 11 is 0. The third-order valence-electron chi connectivity index (χ3n) is 3.62. The molecular formula is C14H14N2O2. The second kappa shape index (κ2) is 3.98. The highest BCUT2D eigenvalue weighted by molar-refractivity contribution is 6.06. The quantitative estimate of drug-likeness (QED) is 0.607. The number of primary amides is 1. The maximum atomic E-state index is 12.3. The van der Waals surface area contributed by atoms with Crippen LogP contribution < -0.4 is 10.5 Å². The predicted molar refractivity (Wildman–Crippen MR) is 68.1 cm³/mol. The zero-order valence-corrected chi connectivity index (χ0v) is 9.98. The van der Waals surface area contributed by atoms with Crippen molar-refractivity contribution in [2.45, 2.75) is 25.7 Å². The monoisotopic (exact) mass is 242 g/mol. The average molecular weight is 242 g/mol. The molecule has 4 nitrogen and oxygen atoms in total. The van der Waals surface area contributed by atoms with Crippen LogP contribution in [0.25, 0.3) is 10.9 Å². The van der Waals surface area contributed by atoms with E-state index in [0.717, 1.165) is 36.0 Å². The molecule has 0 saturated carbocycles. The van der Waals surface area contributed by atoms with Gasteiger partial charge in [0.05, 0.1) is 10.9 Å². The first-order valence-electron chi connectivity index (χ1n) is 6.16. The van der Waals surface area contributed by atoms with E-state index < -0.39 is 5.91 Å². The summed E-state index contributed by atoms with van der Waals surface area (Å²) in [6.07, 6.45) is 3.49. The summed E-state index contributed by atoms with van der Waals surface area (Å²) in [6, 6.07) is 7.16. The Kier molecular flexibility index (Phi) is 2.44. The Labute approximate surface area is 105 Å². The van der Waals surface area contributed by atoms with E-state index in [2.05, 4.69) is 0 Å². The summed E-state index contributed by atoms with van der Waals surface area (Å²) in [5, 5.41) is 13.0. The molecule has 1 aliphatic carbocycles. The number of nitrogens with zero attached hydrogens (tertiary/aromatic N) is 1. The second-order valence-corrected chi connectivity index (χ2v) is 4.68. The van der Waals surface area contributed by atoms with Crippen molar-refractivity contribution >= 4 is 16.8 Å². The normalized spacial score (nSPS) is 14.4. The molecule has 0 spiro atoms. The molecular weight excluding hydrogens is 228 g/mol. The smallest absolute Gasteiger partial charge is 0.250 e. The number of para-hydroxylation sites is 1. The molecule has 18 heavy (non-hydrogen) atoms. The highest BCUT2D eigenvalue weighted by Crippen LogP contribution is 2.27. The molecule has 3 rings (SSSR count). The van der Waals surface area contributed by atoms with Gasteiger partial charge in [-0.15, -0.1) is 0 Å². The van der Waals surface area contributed by atoms with Crippen LogP contribution in [0.1, 0.15) is 34.5 Å². The summed E-state index contributed by atoms with van der Waals surface area (Å²) in [5.74, 6) is -0.440. The van der Waals surface area contributed by atoms with Crippen LogP contribution in [0.3, 0.4) is 0 Å². The number of pyridine rings is 1. The molecule has 0 atom stereocenters. The first-order chi connectivity index (χ1) is 8.70. The first kappa shape index (κ1) is 11.0. The van der Waals surface area contributed by atoms with E-state index in [0.29, 0.717) is 22.2 Å². The molecule has 2 aromatic rings. The van der Waals surface area contributed by atoms with Crippen LogP contribution in [-0.4, -0.2) is 5.91 Å². The van der Waals surface area contributed by atoms with Crippen LogP contribution in [0.2, 0.25) is 0 Å². The fraction of sp³-hybridized carbons (Fsp3) is 0.286. The summed E-state index contributed by atoms with van der Waals surface area (Å²) in [7, 11) is 0. The van der Waals surface area contributed by atoms with Gasteiger partial charge in [0, 0.05) is 18.1 Å². The van der Waals surface area contributed by atoms with Gasteiger partial charge in [-0.3, -0.25) is 4.79 Å². The van der Waals surface area contributed by atoms with Crippen molar-refractivity contribution in [1.82, 2.24) is 0 Å². The molecule has 0 saturated heterocycles. The van der Waals surface area contributed by atoms with Gasteiger partial charge in [0.1, 0.15) is 0 Å². The van der Waals surface area contributed by atoms with Gasteiger partial charge in [-0.1, -0.05) is 12.1 Å². The van der Waals surface area contributed by atoms with Gasteiger partial charge in [0.15, 0.2) is 5.69 Å². The molecule has 0 radical (unpaired) electrons. The van der Waals surface area contributed by atoms with Gasteiger partial charge in [-0.05, 0) is 25.3 Å². The molecule has 1 aromatic heterocycles. The molecule has 1 aromatic carbocycles. The van der Waals surface area contributed by atoms with E-state index in [-0.39, 0.29) is 0 Å². The van der Waals surface area contributed by atoms with Gasteiger partial charge in [-0.2, -0.15) is 4.73 Å². The predicted octanol–water partition coefficient (Wildman–Crippen LogP) is 1.45. The number of benzene rings is 1. The number of aromatic nitrogens is 1. The van der Waals surface area contributed by atoms with Crippen LogP contribution >= 0.6 is 0 Å². The molecule has 1 amide bonds. The summed E-state index contributed by atoms with van der Waals surface area (Å²) in [6.45, 7) is 0. The Balaban J connectivity index is 2.48. The lowest BCUT2D eigenvalue weighted by Crippen LogP contribution is -2.37. The number of nitrogens with two attached hydrogens (primary N) is 1. The standard InChI is InChI=1S/C14H14N2O2/c15-14(17)13-9-5-1-3-7-11(9)16(18)12-8-4-2-6-10(12)13/h1,3,5,7H,2,4,6,8H2,(H2,15,17). The highest BCUT2D eigenvalue weighted by Gasteiger charge is 2.27. The number of carbonyl (C=O) groups is 1. The Bertz CT molecular complexity index is 650. The van der Waals surface area contributed by atoms with Gasteiger partial charge in [-0.25, -0.2) is 0 Å². The minimum Gasteiger partial charge on any atom is -0.618 e. The number of hydrogen-bond acceptors (Lipinski definition) is 2. The van der Waals surface area contributed by atoms with Crippen molar-refractivity contribution in [1.29, 1.82) is 0 Å². The van der Waals surface area contributed by atoms with Crippen LogP contribution in [0.5, 0.6) is 0 Å². The summed E-state index contributed by atoms with van der Waals surface area (Å²) in [4.78, 5) is 11.7. The third-order valence-corrected chi connectivity index (χ3v) is 3.62. The van der Waals surface area contributed by atoms with Crippen LogP contribution in [0.4, 0.5) is 0 Å². The molecule has 2 N–H and O–H groups in total. The van der Waals surface area contributed by atoms with Crippen LogP contribution in [0, 0.1) is 5.21 Å².